The molecule has 0 bridgehead atoms. The Bertz CT molecular complexity index is 448. The SMILES string of the molecule is CCc1ccc(OCC(=O)NCCCN2CCNCC2)cc1.Cl. The molecule has 6 heteroatoms. The molecule has 0 radical (unpaired) electrons. The van der Waals surface area contributed by atoms with Crippen LogP contribution in [-0.2, 0) is 11.2 Å². The van der Waals surface area contributed by atoms with Gasteiger partial charge in [-0.3, -0.25) is 4.79 Å². The van der Waals surface area contributed by atoms with E-state index in [1.807, 2.05) is 24.3 Å². The highest BCUT2D eigenvalue weighted by molar-refractivity contribution is 5.85. The molecule has 1 aliphatic heterocycles. The molecule has 130 valence electrons. The second-order valence-electron chi connectivity index (χ2n) is 5.58. The highest BCUT2D eigenvalue weighted by Crippen LogP contribution is 2.12. The molecule has 2 rings (SSSR count). The highest BCUT2D eigenvalue weighted by Gasteiger charge is 2.08. The van der Waals surface area contributed by atoms with Crippen LogP contribution in [0.2, 0.25) is 0 Å². The molecule has 1 heterocycles. The number of amides is 1. The zero-order valence-electron chi connectivity index (χ0n) is 13.8. The summed E-state index contributed by atoms with van der Waals surface area (Å²) in [6.07, 6.45) is 1.99. The first-order valence-electron chi connectivity index (χ1n) is 8.19. The summed E-state index contributed by atoms with van der Waals surface area (Å²) in [5.74, 6) is 0.688. The van der Waals surface area contributed by atoms with Crippen LogP contribution in [-0.4, -0.2) is 56.7 Å². The highest BCUT2D eigenvalue weighted by atomic mass is 35.5. The smallest absolute Gasteiger partial charge is 0.257 e. The van der Waals surface area contributed by atoms with Crippen LogP contribution in [0.25, 0.3) is 0 Å². The maximum atomic E-state index is 11.7. The molecule has 1 aromatic carbocycles. The van der Waals surface area contributed by atoms with Gasteiger partial charge < -0.3 is 20.3 Å². The zero-order valence-corrected chi connectivity index (χ0v) is 14.7. The molecule has 0 aliphatic carbocycles. The molecule has 1 aliphatic rings. The number of aryl methyl sites for hydroxylation is 1. The third kappa shape index (κ3) is 7.68. The third-order valence-electron chi connectivity index (χ3n) is 3.88. The lowest BCUT2D eigenvalue weighted by Gasteiger charge is -2.27. The molecule has 23 heavy (non-hydrogen) atoms. The van der Waals surface area contributed by atoms with E-state index in [1.54, 1.807) is 0 Å². The summed E-state index contributed by atoms with van der Waals surface area (Å²) >= 11 is 0. The summed E-state index contributed by atoms with van der Waals surface area (Å²) in [7, 11) is 0. The van der Waals surface area contributed by atoms with Crippen LogP contribution in [0.5, 0.6) is 5.75 Å². The molecule has 1 saturated heterocycles. The average molecular weight is 342 g/mol. The maximum Gasteiger partial charge on any atom is 0.257 e. The number of carbonyl (C=O) groups excluding carboxylic acids is 1. The van der Waals surface area contributed by atoms with Crippen molar-refractivity contribution in [1.82, 2.24) is 15.5 Å². The van der Waals surface area contributed by atoms with Crippen LogP contribution in [0.4, 0.5) is 0 Å². The molecule has 0 spiro atoms. The molecule has 1 aromatic rings. The minimum absolute atomic E-state index is 0. The Hall–Kier alpha value is -1.30. The van der Waals surface area contributed by atoms with Crippen LogP contribution in [0.15, 0.2) is 24.3 Å². The minimum atomic E-state index is -0.0557. The van der Waals surface area contributed by atoms with Gasteiger partial charge in [0.2, 0.25) is 0 Å². The lowest BCUT2D eigenvalue weighted by atomic mass is 10.2. The fourth-order valence-corrected chi connectivity index (χ4v) is 2.49. The Morgan fingerprint density at radius 1 is 1.26 bits per heavy atom. The largest absolute Gasteiger partial charge is 0.484 e. The molecule has 0 aromatic heterocycles. The molecule has 0 unspecified atom stereocenters. The maximum absolute atomic E-state index is 11.7. The number of benzene rings is 1. The Morgan fingerprint density at radius 2 is 1.96 bits per heavy atom. The first kappa shape index (κ1) is 19.7. The monoisotopic (exact) mass is 341 g/mol. The number of rotatable bonds is 8. The third-order valence-corrected chi connectivity index (χ3v) is 3.88. The molecule has 1 fully saturated rings. The summed E-state index contributed by atoms with van der Waals surface area (Å²) in [6.45, 7) is 8.29. The van der Waals surface area contributed by atoms with Gasteiger partial charge >= 0.3 is 0 Å². The van der Waals surface area contributed by atoms with E-state index in [-0.39, 0.29) is 24.9 Å². The van der Waals surface area contributed by atoms with Gasteiger partial charge in [0, 0.05) is 32.7 Å². The van der Waals surface area contributed by atoms with Crippen molar-refractivity contribution in [2.75, 3.05) is 45.9 Å². The summed E-state index contributed by atoms with van der Waals surface area (Å²) in [4.78, 5) is 14.2. The van der Waals surface area contributed by atoms with E-state index in [9.17, 15) is 4.79 Å². The van der Waals surface area contributed by atoms with Gasteiger partial charge in [-0.25, -0.2) is 0 Å². The van der Waals surface area contributed by atoms with Crippen molar-refractivity contribution in [1.29, 1.82) is 0 Å². The summed E-state index contributed by atoms with van der Waals surface area (Å²) in [5.41, 5.74) is 1.27. The minimum Gasteiger partial charge on any atom is -0.484 e. The van der Waals surface area contributed by atoms with Crippen LogP contribution in [0.1, 0.15) is 18.9 Å². The van der Waals surface area contributed by atoms with Gasteiger partial charge in [-0.05, 0) is 37.1 Å². The van der Waals surface area contributed by atoms with E-state index in [2.05, 4.69) is 22.5 Å². The molecular weight excluding hydrogens is 314 g/mol. The summed E-state index contributed by atoms with van der Waals surface area (Å²) < 4.78 is 5.48. The van der Waals surface area contributed by atoms with Crippen LogP contribution in [0, 0.1) is 0 Å². The first-order chi connectivity index (χ1) is 10.8. The van der Waals surface area contributed by atoms with Gasteiger partial charge in [-0.1, -0.05) is 19.1 Å². The van der Waals surface area contributed by atoms with E-state index in [0.29, 0.717) is 6.54 Å². The number of hydrogen-bond donors (Lipinski definition) is 2. The quantitative estimate of drug-likeness (QED) is 0.703. The zero-order chi connectivity index (χ0) is 15.6. The summed E-state index contributed by atoms with van der Waals surface area (Å²) in [5, 5.41) is 6.24. The van der Waals surface area contributed by atoms with E-state index in [4.69, 9.17) is 4.74 Å². The average Bonchev–Trinajstić information content (AvgIpc) is 2.58. The predicted octanol–water partition coefficient (Wildman–Crippen LogP) is 1.46. The Labute approximate surface area is 145 Å². The molecule has 0 saturated carbocycles. The van der Waals surface area contributed by atoms with E-state index in [1.165, 1.54) is 5.56 Å². The number of piperazine rings is 1. The molecule has 1 amide bonds. The number of nitrogens with one attached hydrogen (secondary N) is 2. The van der Waals surface area contributed by atoms with Crippen LogP contribution in [0.3, 0.4) is 0 Å². The number of carbonyl (C=O) groups is 1. The Balaban J connectivity index is 0.00000264. The van der Waals surface area contributed by atoms with E-state index < -0.39 is 0 Å². The standard InChI is InChI=1S/C17H27N3O2.ClH/c1-2-15-4-6-16(7-5-15)22-14-17(21)19-8-3-11-20-12-9-18-10-13-20;/h4-7,18H,2-3,8-14H2,1H3,(H,19,21);1H. The van der Waals surface area contributed by atoms with Gasteiger partial charge in [0.05, 0.1) is 0 Å². The second kappa shape index (κ2) is 11.3. The van der Waals surface area contributed by atoms with Gasteiger partial charge in [0.25, 0.3) is 5.91 Å². The van der Waals surface area contributed by atoms with Crippen LogP contribution < -0.4 is 15.4 Å². The molecular formula is C17H28ClN3O2. The number of ether oxygens (including phenoxy) is 1. The van der Waals surface area contributed by atoms with Crippen molar-refractivity contribution < 1.29 is 9.53 Å². The lowest BCUT2D eigenvalue weighted by molar-refractivity contribution is -0.123. The van der Waals surface area contributed by atoms with Crippen molar-refractivity contribution in [3.8, 4) is 5.75 Å². The Kier molecular flexibility index (Phi) is 9.67. The second-order valence-corrected chi connectivity index (χ2v) is 5.58. The van der Waals surface area contributed by atoms with Gasteiger partial charge in [0.1, 0.15) is 5.75 Å². The van der Waals surface area contributed by atoms with Gasteiger partial charge in [-0.2, -0.15) is 0 Å². The first-order valence-corrected chi connectivity index (χ1v) is 8.19. The topological polar surface area (TPSA) is 53.6 Å². The number of halogens is 1. The predicted molar refractivity (Wildman–Crippen MR) is 95.5 cm³/mol. The Morgan fingerprint density at radius 3 is 2.61 bits per heavy atom. The molecule has 5 nitrogen and oxygen atoms in total. The number of hydrogen-bond acceptors (Lipinski definition) is 4. The van der Waals surface area contributed by atoms with Crippen molar-refractivity contribution in [2.45, 2.75) is 19.8 Å². The number of nitrogens with zero attached hydrogens (tertiary/aromatic N) is 1. The normalized spacial score (nSPS) is 14.8. The fraction of sp³-hybridized carbons (Fsp3) is 0.588. The van der Waals surface area contributed by atoms with Crippen molar-refractivity contribution in [3.05, 3.63) is 29.8 Å². The van der Waals surface area contributed by atoms with Gasteiger partial charge in [-0.15, -0.1) is 12.4 Å². The van der Waals surface area contributed by atoms with E-state index in [0.717, 1.165) is 51.3 Å². The van der Waals surface area contributed by atoms with Crippen molar-refractivity contribution >= 4 is 18.3 Å². The van der Waals surface area contributed by atoms with Gasteiger partial charge in [0.15, 0.2) is 6.61 Å². The lowest BCUT2D eigenvalue weighted by Crippen LogP contribution is -2.44. The molecule has 0 atom stereocenters. The van der Waals surface area contributed by atoms with E-state index >= 15 is 0 Å². The van der Waals surface area contributed by atoms with Crippen molar-refractivity contribution in [3.63, 3.8) is 0 Å². The summed E-state index contributed by atoms with van der Waals surface area (Å²) in [6, 6.07) is 7.88. The van der Waals surface area contributed by atoms with Crippen LogP contribution >= 0.6 is 12.4 Å². The fourth-order valence-electron chi connectivity index (χ4n) is 2.49. The van der Waals surface area contributed by atoms with Crippen molar-refractivity contribution in [2.24, 2.45) is 0 Å². The molecule has 2 N–H and O–H groups in total.